The molecule has 0 unspecified atom stereocenters. The van der Waals surface area contributed by atoms with Gasteiger partial charge in [-0.2, -0.15) is 4.31 Å². The highest BCUT2D eigenvalue weighted by Gasteiger charge is 2.32. The second kappa shape index (κ2) is 8.50. The van der Waals surface area contributed by atoms with Gasteiger partial charge in [-0.15, -0.1) is 0 Å². The Morgan fingerprint density at radius 2 is 1.67 bits per heavy atom. The minimum atomic E-state index is -3.75. The summed E-state index contributed by atoms with van der Waals surface area (Å²) in [5.74, 6) is 1.99. The van der Waals surface area contributed by atoms with Crippen LogP contribution in [-0.4, -0.2) is 64.8 Å². The first-order valence-electron chi connectivity index (χ1n) is 9.45. The minimum Gasteiger partial charge on any atom is -0.495 e. The van der Waals surface area contributed by atoms with Crippen molar-refractivity contribution in [2.75, 3.05) is 47.2 Å². The second-order valence-electron chi connectivity index (χ2n) is 7.01. The van der Waals surface area contributed by atoms with Gasteiger partial charge in [-0.25, -0.2) is 8.42 Å². The van der Waals surface area contributed by atoms with Gasteiger partial charge >= 0.3 is 0 Å². The van der Waals surface area contributed by atoms with E-state index in [0.717, 1.165) is 17.1 Å². The Labute approximate surface area is 180 Å². The monoisotopic (exact) mass is 454 g/mol. The Bertz CT molecular complexity index is 1040. The number of benzene rings is 2. The number of piperazine rings is 1. The summed E-state index contributed by atoms with van der Waals surface area (Å²) >= 11 is 6.11. The highest BCUT2D eigenvalue weighted by Crippen LogP contribution is 2.37. The molecule has 10 heteroatoms. The molecule has 0 bridgehead atoms. The molecule has 2 aromatic carbocycles. The van der Waals surface area contributed by atoms with Gasteiger partial charge in [0, 0.05) is 44.9 Å². The smallest absolute Gasteiger partial charge is 0.246 e. The molecule has 1 saturated heterocycles. The highest BCUT2D eigenvalue weighted by molar-refractivity contribution is 7.89. The lowest BCUT2D eigenvalue weighted by molar-refractivity contribution is 0.173. The molecule has 8 nitrogen and oxygen atoms in total. The average molecular weight is 455 g/mol. The molecule has 2 aliphatic rings. The average Bonchev–Trinajstić information content (AvgIpc) is 3.21. The molecule has 2 aliphatic heterocycles. The molecule has 2 aromatic rings. The zero-order chi connectivity index (χ0) is 21.3. The highest BCUT2D eigenvalue weighted by atomic mass is 35.5. The van der Waals surface area contributed by atoms with Crippen LogP contribution in [0.5, 0.6) is 23.0 Å². The summed E-state index contributed by atoms with van der Waals surface area (Å²) < 4.78 is 49.2. The molecule has 162 valence electrons. The molecule has 0 aromatic heterocycles. The van der Waals surface area contributed by atoms with Crippen molar-refractivity contribution in [2.45, 2.75) is 11.4 Å². The normalized spacial score (nSPS) is 17.2. The predicted molar refractivity (Wildman–Crippen MR) is 111 cm³/mol. The van der Waals surface area contributed by atoms with E-state index in [2.05, 4.69) is 4.90 Å². The summed E-state index contributed by atoms with van der Waals surface area (Å²) in [6, 6.07) is 8.75. The number of halogens is 1. The Morgan fingerprint density at radius 1 is 0.967 bits per heavy atom. The van der Waals surface area contributed by atoms with E-state index in [1.165, 1.54) is 30.7 Å². The third kappa shape index (κ3) is 4.02. The Kier molecular flexibility index (Phi) is 5.97. The molecule has 1 fully saturated rings. The molecule has 0 spiro atoms. The van der Waals surface area contributed by atoms with E-state index in [4.69, 9.17) is 30.5 Å². The molecular weight excluding hydrogens is 432 g/mol. The van der Waals surface area contributed by atoms with Gasteiger partial charge < -0.3 is 18.9 Å². The lowest BCUT2D eigenvalue weighted by Crippen LogP contribution is -2.48. The van der Waals surface area contributed by atoms with Crippen molar-refractivity contribution in [2.24, 2.45) is 0 Å². The van der Waals surface area contributed by atoms with Gasteiger partial charge in [0.2, 0.25) is 16.8 Å². The number of fused-ring (bicyclic) bond motifs is 1. The zero-order valence-corrected chi connectivity index (χ0v) is 18.3. The van der Waals surface area contributed by atoms with Crippen LogP contribution >= 0.6 is 11.6 Å². The van der Waals surface area contributed by atoms with Crippen LogP contribution in [0.2, 0.25) is 5.02 Å². The van der Waals surface area contributed by atoms with Crippen molar-refractivity contribution in [1.82, 2.24) is 9.21 Å². The summed E-state index contributed by atoms with van der Waals surface area (Å²) in [5, 5.41) is 0.293. The van der Waals surface area contributed by atoms with Crippen molar-refractivity contribution in [3.8, 4) is 23.0 Å². The standard InChI is InChI=1S/C20H23ClN2O6S/c1-26-17-11-20(19(27-2)10-15(17)21)30(24,25)23-7-5-22(6-8-23)12-14-3-4-16-18(9-14)29-13-28-16/h3-4,9-11H,5-8,12-13H2,1-2H3. The number of nitrogens with zero attached hydrogens (tertiary/aromatic N) is 2. The molecule has 2 heterocycles. The summed E-state index contributed by atoms with van der Waals surface area (Å²) in [6.45, 7) is 2.93. The Hall–Kier alpha value is -2.20. The summed E-state index contributed by atoms with van der Waals surface area (Å²) in [6.07, 6.45) is 0. The predicted octanol–water partition coefficient (Wildman–Crippen LogP) is 2.59. The molecular formula is C20H23ClN2O6S. The fourth-order valence-electron chi connectivity index (χ4n) is 3.60. The van der Waals surface area contributed by atoms with Gasteiger partial charge in [0.05, 0.1) is 19.2 Å². The number of hydrogen-bond donors (Lipinski definition) is 0. The van der Waals surface area contributed by atoms with Gasteiger partial charge in [0.1, 0.15) is 16.4 Å². The van der Waals surface area contributed by atoms with Crippen LogP contribution < -0.4 is 18.9 Å². The number of sulfonamides is 1. The van der Waals surface area contributed by atoms with E-state index < -0.39 is 10.0 Å². The molecule has 0 saturated carbocycles. The van der Waals surface area contributed by atoms with E-state index in [-0.39, 0.29) is 23.2 Å². The fraction of sp³-hybridized carbons (Fsp3) is 0.400. The van der Waals surface area contributed by atoms with E-state index in [1.54, 1.807) is 0 Å². The lowest BCUT2D eigenvalue weighted by Gasteiger charge is -2.34. The van der Waals surface area contributed by atoms with Crippen LogP contribution in [0.4, 0.5) is 0 Å². The number of methoxy groups -OCH3 is 2. The lowest BCUT2D eigenvalue weighted by atomic mass is 10.2. The summed E-state index contributed by atoms with van der Waals surface area (Å²) in [5.41, 5.74) is 1.10. The van der Waals surface area contributed by atoms with Crippen molar-refractivity contribution < 1.29 is 27.4 Å². The van der Waals surface area contributed by atoms with E-state index in [0.29, 0.717) is 37.7 Å². The van der Waals surface area contributed by atoms with Crippen molar-refractivity contribution in [1.29, 1.82) is 0 Å². The van der Waals surface area contributed by atoms with Crippen LogP contribution in [0.15, 0.2) is 35.2 Å². The minimum absolute atomic E-state index is 0.0514. The first-order chi connectivity index (χ1) is 14.4. The molecule has 0 atom stereocenters. The Morgan fingerprint density at radius 3 is 2.37 bits per heavy atom. The van der Waals surface area contributed by atoms with Crippen molar-refractivity contribution in [3.05, 3.63) is 40.9 Å². The maximum absolute atomic E-state index is 13.2. The number of rotatable bonds is 6. The van der Waals surface area contributed by atoms with E-state index in [9.17, 15) is 8.42 Å². The summed E-state index contributed by atoms with van der Waals surface area (Å²) in [4.78, 5) is 2.26. The van der Waals surface area contributed by atoms with Gasteiger partial charge in [0.25, 0.3) is 0 Å². The fourth-order valence-corrected chi connectivity index (χ4v) is 5.40. The van der Waals surface area contributed by atoms with Gasteiger partial charge in [-0.3, -0.25) is 4.90 Å². The van der Waals surface area contributed by atoms with Gasteiger partial charge in [0.15, 0.2) is 11.5 Å². The second-order valence-corrected chi connectivity index (χ2v) is 9.32. The van der Waals surface area contributed by atoms with Crippen LogP contribution in [-0.2, 0) is 16.6 Å². The SMILES string of the molecule is COc1cc(S(=O)(=O)N2CCN(Cc3ccc4c(c3)OCO4)CC2)c(OC)cc1Cl. The molecule has 30 heavy (non-hydrogen) atoms. The first-order valence-corrected chi connectivity index (χ1v) is 11.3. The number of ether oxygens (including phenoxy) is 4. The molecule has 0 aliphatic carbocycles. The van der Waals surface area contributed by atoms with E-state index >= 15 is 0 Å². The van der Waals surface area contributed by atoms with Crippen LogP contribution in [0.25, 0.3) is 0 Å². The Balaban J connectivity index is 1.46. The summed E-state index contributed by atoms with van der Waals surface area (Å²) in [7, 11) is -0.891. The van der Waals surface area contributed by atoms with Crippen molar-refractivity contribution in [3.63, 3.8) is 0 Å². The molecule has 0 amide bonds. The molecule has 4 rings (SSSR count). The van der Waals surface area contributed by atoms with Crippen molar-refractivity contribution >= 4 is 21.6 Å². The third-order valence-electron chi connectivity index (χ3n) is 5.23. The zero-order valence-electron chi connectivity index (χ0n) is 16.8. The van der Waals surface area contributed by atoms with Crippen LogP contribution in [0.3, 0.4) is 0 Å². The maximum Gasteiger partial charge on any atom is 0.246 e. The largest absolute Gasteiger partial charge is 0.495 e. The van der Waals surface area contributed by atoms with Crippen LogP contribution in [0.1, 0.15) is 5.56 Å². The quantitative estimate of drug-likeness (QED) is 0.663. The topological polar surface area (TPSA) is 77.5 Å². The first kappa shape index (κ1) is 21.0. The molecule has 0 N–H and O–H groups in total. The maximum atomic E-state index is 13.2. The van der Waals surface area contributed by atoms with Gasteiger partial charge in [-0.1, -0.05) is 17.7 Å². The van der Waals surface area contributed by atoms with Gasteiger partial charge in [-0.05, 0) is 17.7 Å². The van der Waals surface area contributed by atoms with E-state index in [1.807, 2.05) is 18.2 Å². The number of hydrogen-bond acceptors (Lipinski definition) is 7. The molecule has 0 radical (unpaired) electrons. The third-order valence-corrected chi connectivity index (χ3v) is 7.45. The van der Waals surface area contributed by atoms with Crippen LogP contribution in [0, 0.1) is 0 Å².